The van der Waals surface area contributed by atoms with Crippen molar-refractivity contribution in [3.63, 3.8) is 0 Å². The molecule has 0 aliphatic heterocycles. The Morgan fingerprint density at radius 2 is 2.00 bits per heavy atom. The zero-order valence-electron chi connectivity index (χ0n) is 13.4. The Labute approximate surface area is 139 Å². The highest BCUT2D eigenvalue weighted by Gasteiger charge is 2.51. The van der Waals surface area contributed by atoms with Gasteiger partial charge in [-0.05, 0) is 42.7 Å². The molecule has 0 bridgehead atoms. The molecular weight excluding hydrogens is 316 g/mol. The zero-order valence-corrected chi connectivity index (χ0v) is 13.4. The lowest BCUT2D eigenvalue weighted by molar-refractivity contribution is -0.330. The van der Waals surface area contributed by atoms with Gasteiger partial charge in [0.05, 0.1) is 5.97 Å². The summed E-state index contributed by atoms with van der Waals surface area (Å²) < 4.78 is 27.2. The van der Waals surface area contributed by atoms with Gasteiger partial charge in [0.1, 0.15) is 5.60 Å². The summed E-state index contributed by atoms with van der Waals surface area (Å²) in [6.45, 7) is 0. The van der Waals surface area contributed by atoms with Gasteiger partial charge in [0.25, 0.3) is 0 Å². The van der Waals surface area contributed by atoms with E-state index in [1.165, 1.54) is 6.07 Å². The van der Waals surface area contributed by atoms with Gasteiger partial charge in [-0.1, -0.05) is 24.3 Å². The molecule has 4 nitrogen and oxygen atoms in total. The number of halogens is 2. The number of carboxylic acids is 1. The highest BCUT2D eigenvalue weighted by molar-refractivity contribution is 5.78. The van der Waals surface area contributed by atoms with E-state index < -0.39 is 36.3 Å². The van der Waals surface area contributed by atoms with Crippen LogP contribution in [0.5, 0.6) is 0 Å². The third-order valence-corrected chi connectivity index (χ3v) is 5.59. The van der Waals surface area contributed by atoms with Gasteiger partial charge in [-0.2, -0.15) is 0 Å². The Balaban J connectivity index is 2.02. The largest absolute Gasteiger partial charge is 0.547 e. The van der Waals surface area contributed by atoms with Gasteiger partial charge in [-0.3, -0.25) is 0 Å². The normalized spacial score (nSPS) is 31.8. The molecule has 0 radical (unpaired) electrons. The first-order chi connectivity index (χ1) is 11.2. The number of alkyl halides is 2. The second kappa shape index (κ2) is 6.08. The lowest BCUT2D eigenvalue weighted by atomic mass is 9.75. The average molecular weight is 338 g/mol. The first kappa shape index (κ1) is 17.3. The van der Waals surface area contributed by atoms with Crippen LogP contribution in [0.4, 0.5) is 8.78 Å². The molecule has 4 atom stereocenters. The highest BCUT2D eigenvalue weighted by Crippen LogP contribution is 2.49. The maximum Gasteiger partial charge on any atom is 0.248 e. The minimum Gasteiger partial charge on any atom is -0.547 e. The molecule has 0 spiro atoms. The first-order valence-electron chi connectivity index (χ1n) is 8.40. The fraction of sp³-hybridized carbons (Fsp3) is 0.611. The Morgan fingerprint density at radius 3 is 2.54 bits per heavy atom. The number of nitrogens with two attached hydrogens (primary N) is 1. The smallest absolute Gasteiger partial charge is 0.248 e. The predicted octanol–water partition coefficient (Wildman–Crippen LogP) is 1.65. The van der Waals surface area contributed by atoms with E-state index in [4.69, 9.17) is 5.73 Å². The molecule has 0 unspecified atom stereocenters. The van der Waals surface area contributed by atoms with E-state index in [2.05, 4.69) is 0 Å². The van der Waals surface area contributed by atoms with Gasteiger partial charge in [0, 0.05) is 24.8 Å². The molecule has 1 aromatic rings. The van der Waals surface area contributed by atoms with Crippen LogP contribution in [0.3, 0.4) is 0 Å². The van der Waals surface area contributed by atoms with E-state index in [1.54, 1.807) is 18.2 Å². The fourth-order valence-corrected chi connectivity index (χ4v) is 4.30. The Hall–Kier alpha value is -1.53. The summed E-state index contributed by atoms with van der Waals surface area (Å²) in [6, 6.07) is 6.70. The van der Waals surface area contributed by atoms with E-state index in [9.17, 15) is 23.8 Å². The lowest BCUT2D eigenvalue weighted by Crippen LogP contribution is -2.51. The standard InChI is InChI=1S/C18H23F2NO3/c19-17(20)8-7-12(10-17)18(24,16(22)23)15-4-2-1-3-14(15)11-5-6-13(21)9-11/h1-4,11-13,24H,5-10,21H2,(H,22,23)/p-1/t11-,12+,13-,18+/m0/s1. The second-order valence-electron chi connectivity index (χ2n) is 7.21. The average Bonchev–Trinajstić information content (AvgIpc) is 3.12. The van der Waals surface area contributed by atoms with Crippen LogP contribution in [-0.2, 0) is 10.4 Å². The molecule has 2 aliphatic rings. The summed E-state index contributed by atoms with van der Waals surface area (Å²) in [5, 5.41) is 22.8. The van der Waals surface area contributed by atoms with Crippen molar-refractivity contribution in [2.75, 3.05) is 0 Å². The molecule has 132 valence electrons. The van der Waals surface area contributed by atoms with Gasteiger partial charge >= 0.3 is 0 Å². The van der Waals surface area contributed by atoms with Crippen molar-refractivity contribution in [3.8, 4) is 0 Å². The van der Waals surface area contributed by atoms with Crippen LogP contribution < -0.4 is 10.8 Å². The van der Waals surface area contributed by atoms with Crippen LogP contribution >= 0.6 is 0 Å². The number of benzene rings is 1. The van der Waals surface area contributed by atoms with Crippen LogP contribution in [0.15, 0.2) is 24.3 Å². The maximum atomic E-state index is 13.6. The number of aliphatic hydroxyl groups is 1. The Bertz CT molecular complexity index is 636. The van der Waals surface area contributed by atoms with Crippen molar-refractivity contribution in [1.29, 1.82) is 0 Å². The summed E-state index contributed by atoms with van der Waals surface area (Å²) in [6.07, 6.45) is 1.21. The third kappa shape index (κ3) is 2.93. The number of rotatable bonds is 4. The van der Waals surface area contributed by atoms with Crippen LogP contribution in [0.25, 0.3) is 0 Å². The molecule has 0 aromatic heterocycles. The molecule has 2 saturated carbocycles. The molecule has 0 saturated heterocycles. The van der Waals surface area contributed by atoms with E-state index in [1.807, 2.05) is 0 Å². The molecule has 0 amide bonds. The van der Waals surface area contributed by atoms with E-state index in [-0.39, 0.29) is 23.9 Å². The molecule has 24 heavy (non-hydrogen) atoms. The summed E-state index contributed by atoms with van der Waals surface area (Å²) in [5.41, 5.74) is 4.42. The quantitative estimate of drug-likeness (QED) is 0.874. The Morgan fingerprint density at radius 1 is 1.29 bits per heavy atom. The van der Waals surface area contributed by atoms with Gasteiger partial charge in [0.15, 0.2) is 0 Å². The van der Waals surface area contributed by atoms with Crippen LogP contribution in [0.1, 0.15) is 55.6 Å². The second-order valence-corrected chi connectivity index (χ2v) is 7.21. The number of hydrogen-bond acceptors (Lipinski definition) is 4. The molecule has 2 fully saturated rings. The summed E-state index contributed by atoms with van der Waals surface area (Å²) >= 11 is 0. The van der Waals surface area contributed by atoms with Gasteiger partial charge in [-0.25, -0.2) is 8.78 Å². The van der Waals surface area contributed by atoms with E-state index >= 15 is 0 Å². The molecule has 6 heteroatoms. The molecule has 2 aliphatic carbocycles. The fourth-order valence-electron chi connectivity index (χ4n) is 4.30. The first-order valence-corrected chi connectivity index (χ1v) is 8.40. The SMILES string of the molecule is N[C@H]1CC[C@H](c2ccccc2[C@@](O)(C(=O)[O-])[C@@H]2CCC(F)(F)C2)C1. The minimum absolute atomic E-state index is 0.0315. The highest BCUT2D eigenvalue weighted by atomic mass is 19.3. The number of hydrogen-bond donors (Lipinski definition) is 2. The number of carbonyl (C=O) groups is 1. The van der Waals surface area contributed by atoms with E-state index in [0.717, 1.165) is 12.8 Å². The zero-order chi connectivity index (χ0) is 17.5. The summed E-state index contributed by atoms with van der Waals surface area (Å²) in [7, 11) is 0. The van der Waals surface area contributed by atoms with Crippen LogP contribution in [0.2, 0.25) is 0 Å². The van der Waals surface area contributed by atoms with Gasteiger partial charge in [-0.15, -0.1) is 0 Å². The molecule has 3 N–H and O–H groups in total. The van der Waals surface area contributed by atoms with Crippen LogP contribution in [-0.4, -0.2) is 23.0 Å². The minimum atomic E-state index is -2.95. The van der Waals surface area contributed by atoms with Crippen LogP contribution in [0, 0.1) is 5.92 Å². The predicted molar refractivity (Wildman–Crippen MR) is 82.2 cm³/mol. The molecule has 1 aromatic carbocycles. The number of aliphatic carboxylic acids is 1. The molecule has 0 heterocycles. The summed E-state index contributed by atoms with van der Waals surface area (Å²) in [4.78, 5) is 11.8. The third-order valence-electron chi connectivity index (χ3n) is 5.59. The molecular formula is C18H22F2NO3-. The monoisotopic (exact) mass is 338 g/mol. The van der Waals surface area contributed by atoms with Gasteiger partial charge < -0.3 is 20.7 Å². The molecule has 3 rings (SSSR count). The van der Waals surface area contributed by atoms with Crippen molar-refractivity contribution >= 4 is 5.97 Å². The van der Waals surface area contributed by atoms with E-state index in [0.29, 0.717) is 12.0 Å². The maximum absolute atomic E-state index is 13.6. The summed E-state index contributed by atoms with van der Waals surface area (Å²) in [5.74, 6) is -5.68. The van der Waals surface area contributed by atoms with Crippen molar-refractivity contribution in [2.24, 2.45) is 11.7 Å². The van der Waals surface area contributed by atoms with Crippen molar-refractivity contribution < 1.29 is 23.8 Å². The lowest BCUT2D eigenvalue weighted by Gasteiger charge is -2.37. The van der Waals surface area contributed by atoms with Crippen molar-refractivity contribution in [2.45, 2.75) is 62.0 Å². The number of carboxylic acid groups (broad SMARTS) is 1. The Kier molecular flexibility index (Phi) is 4.38. The van der Waals surface area contributed by atoms with Gasteiger partial charge in [0.2, 0.25) is 5.92 Å². The topological polar surface area (TPSA) is 86.4 Å². The van der Waals surface area contributed by atoms with Crippen molar-refractivity contribution in [3.05, 3.63) is 35.4 Å². The van der Waals surface area contributed by atoms with Crippen molar-refractivity contribution in [1.82, 2.24) is 0 Å². The number of carbonyl (C=O) groups excluding carboxylic acids is 1.